The van der Waals surface area contributed by atoms with Gasteiger partial charge in [-0.2, -0.15) is 0 Å². The Bertz CT molecular complexity index is 513. The first-order chi connectivity index (χ1) is 8.20. The molecule has 0 fully saturated rings. The number of nitrogens with zero attached hydrogens (tertiary/aromatic N) is 1. The van der Waals surface area contributed by atoms with Crippen molar-refractivity contribution in [1.29, 1.82) is 0 Å². The number of aromatic nitrogens is 1. The van der Waals surface area contributed by atoms with E-state index in [0.717, 1.165) is 12.2 Å². The highest BCUT2D eigenvalue weighted by Gasteiger charge is 2.10. The molecule has 1 aromatic heterocycles. The first-order valence-corrected chi connectivity index (χ1v) is 5.69. The van der Waals surface area contributed by atoms with Crippen molar-refractivity contribution >= 4 is 11.6 Å². The maximum atomic E-state index is 12.9. The third-order valence-electron chi connectivity index (χ3n) is 2.27. The van der Waals surface area contributed by atoms with Gasteiger partial charge in [-0.15, -0.1) is 0 Å². The van der Waals surface area contributed by atoms with Crippen molar-refractivity contribution in [3.8, 4) is 11.5 Å². The van der Waals surface area contributed by atoms with Crippen LogP contribution in [0.2, 0.25) is 5.02 Å². The zero-order chi connectivity index (χ0) is 12.3. The number of hydrogen-bond donors (Lipinski definition) is 1. The van der Waals surface area contributed by atoms with Crippen LogP contribution in [-0.2, 0) is 6.54 Å². The molecular weight excluding hydrogens is 243 g/mol. The largest absolute Gasteiger partial charge is 0.444 e. The number of nitrogens with one attached hydrogen (secondary N) is 1. The smallest absolute Gasteiger partial charge is 0.227 e. The SMILES string of the molecule is CCNCc1coc(-c2ccc(F)cc2Cl)n1. The summed E-state index contributed by atoms with van der Waals surface area (Å²) in [6.07, 6.45) is 1.57. The molecule has 90 valence electrons. The van der Waals surface area contributed by atoms with Crippen LogP contribution < -0.4 is 5.32 Å². The number of benzene rings is 1. The second kappa shape index (κ2) is 5.29. The minimum atomic E-state index is -0.377. The van der Waals surface area contributed by atoms with Crippen LogP contribution >= 0.6 is 11.6 Å². The van der Waals surface area contributed by atoms with Crippen molar-refractivity contribution in [1.82, 2.24) is 10.3 Å². The summed E-state index contributed by atoms with van der Waals surface area (Å²) < 4.78 is 18.2. The molecule has 0 radical (unpaired) electrons. The Morgan fingerprint density at radius 3 is 3.00 bits per heavy atom. The summed E-state index contributed by atoms with van der Waals surface area (Å²) in [4.78, 5) is 4.27. The Labute approximate surface area is 104 Å². The molecule has 0 saturated heterocycles. The molecule has 0 aliphatic carbocycles. The number of rotatable bonds is 4. The third kappa shape index (κ3) is 2.84. The van der Waals surface area contributed by atoms with Crippen molar-refractivity contribution in [2.24, 2.45) is 0 Å². The predicted octanol–water partition coefficient (Wildman–Crippen LogP) is 3.24. The summed E-state index contributed by atoms with van der Waals surface area (Å²) in [6.45, 7) is 3.51. The minimum Gasteiger partial charge on any atom is -0.444 e. The standard InChI is InChI=1S/C12H12ClFN2O/c1-2-15-6-9-7-17-12(16-9)10-4-3-8(14)5-11(10)13/h3-5,7,15H,2,6H2,1H3. The summed E-state index contributed by atoms with van der Waals surface area (Å²) in [7, 11) is 0. The normalized spacial score (nSPS) is 10.8. The van der Waals surface area contributed by atoms with Crippen LogP contribution in [0.1, 0.15) is 12.6 Å². The Morgan fingerprint density at radius 2 is 2.29 bits per heavy atom. The fourth-order valence-electron chi connectivity index (χ4n) is 1.43. The molecule has 1 N–H and O–H groups in total. The minimum absolute atomic E-state index is 0.293. The molecule has 0 aliphatic heterocycles. The highest BCUT2D eigenvalue weighted by molar-refractivity contribution is 6.33. The van der Waals surface area contributed by atoms with Gasteiger partial charge >= 0.3 is 0 Å². The highest BCUT2D eigenvalue weighted by Crippen LogP contribution is 2.27. The lowest BCUT2D eigenvalue weighted by molar-refractivity contribution is 0.570. The summed E-state index contributed by atoms with van der Waals surface area (Å²) in [5.41, 5.74) is 1.39. The van der Waals surface area contributed by atoms with Crippen molar-refractivity contribution in [2.75, 3.05) is 6.54 Å². The van der Waals surface area contributed by atoms with Gasteiger partial charge in [-0.1, -0.05) is 18.5 Å². The average Bonchev–Trinajstić information content (AvgIpc) is 2.75. The molecule has 0 spiro atoms. The van der Waals surface area contributed by atoms with Gasteiger partial charge in [0.25, 0.3) is 0 Å². The topological polar surface area (TPSA) is 38.1 Å². The van der Waals surface area contributed by atoms with Crippen LogP contribution in [0.4, 0.5) is 4.39 Å². The van der Waals surface area contributed by atoms with E-state index < -0.39 is 0 Å². The molecule has 2 rings (SSSR count). The van der Waals surface area contributed by atoms with Gasteiger partial charge in [-0.25, -0.2) is 9.37 Å². The lowest BCUT2D eigenvalue weighted by atomic mass is 10.2. The van der Waals surface area contributed by atoms with Crippen molar-refractivity contribution in [2.45, 2.75) is 13.5 Å². The second-order valence-corrected chi connectivity index (χ2v) is 3.96. The molecule has 0 saturated carbocycles. The number of hydrogen-bond acceptors (Lipinski definition) is 3. The van der Waals surface area contributed by atoms with E-state index in [1.807, 2.05) is 6.92 Å². The number of halogens is 2. The van der Waals surface area contributed by atoms with Crippen LogP contribution in [0.25, 0.3) is 11.5 Å². The fraction of sp³-hybridized carbons (Fsp3) is 0.250. The van der Waals surface area contributed by atoms with Crippen LogP contribution in [0, 0.1) is 5.82 Å². The lowest BCUT2D eigenvalue weighted by Gasteiger charge is -1.99. The van der Waals surface area contributed by atoms with Gasteiger partial charge < -0.3 is 9.73 Å². The molecule has 1 heterocycles. The van der Waals surface area contributed by atoms with Crippen LogP contribution in [0.5, 0.6) is 0 Å². The molecule has 0 unspecified atom stereocenters. The van der Waals surface area contributed by atoms with E-state index in [0.29, 0.717) is 23.0 Å². The van der Waals surface area contributed by atoms with Crippen molar-refractivity contribution in [3.05, 3.63) is 41.0 Å². The Hall–Kier alpha value is -1.39. The molecule has 0 aliphatic rings. The summed E-state index contributed by atoms with van der Waals surface area (Å²) in [5.74, 6) is 0.0288. The number of oxazole rings is 1. The molecule has 5 heteroatoms. The lowest BCUT2D eigenvalue weighted by Crippen LogP contribution is -2.11. The zero-order valence-electron chi connectivity index (χ0n) is 9.34. The molecule has 2 aromatic rings. The monoisotopic (exact) mass is 254 g/mol. The molecule has 0 amide bonds. The van der Waals surface area contributed by atoms with E-state index >= 15 is 0 Å². The fourth-order valence-corrected chi connectivity index (χ4v) is 1.68. The Morgan fingerprint density at radius 1 is 1.47 bits per heavy atom. The first kappa shape index (κ1) is 12.1. The molecule has 0 bridgehead atoms. The third-order valence-corrected chi connectivity index (χ3v) is 2.58. The van der Waals surface area contributed by atoms with Crippen molar-refractivity contribution in [3.63, 3.8) is 0 Å². The van der Waals surface area contributed by atoms with Crippen LogP contribution in [0.15, 0.2) is 28.9 Å². The second-order valence-electron chi connectivity index (χ2n) is 3.55. The van der Waals surface area contributed by atoms with Gasteiger partial charge in [0.1, 0.15) is 12.1 Å². The van der Waals surface area contributed by atoms with Crippen molar-refractivity contribution < 1.29 is 8.81 Å². The van der Waals surface area contributed by atoms with Gasteiger partial charge in [0.2, 0.25) is 5.89 Å². The maximum absolute atomic E-state index is 12.9. The molecule has 0 atom stereocenters. The van der Waals surface area contributed by atoms with E-state index in [-0.39, 0.29) is 5.82 Å². The quantitative estimate of drug-likeness (QED) is 0.910. The van der Waals surface area contributed by atoms with Crippen LogP contribution in [-0.4, -0.2) is 11.5 Å². The summed E-state index contributed by atoms with van der Waals surface area (Å²) >= 11 is 5.92. The van der Waals surface area contributed by atoms with Gasteiger partial charge in [0.15, 0.2) is 0 Å². The molecular formula is C12H12ClFN2O. The Balaban J connectivity index is 2.24. The molecule has 17 heavy (non-hydrogen) atoms. The van der Waals surface area contributed by atoms with E-state index in [2.05, 4.69) is 10.3 Å². The van der Waals surface area contributed by atoms with Gasteiger partial charge in [-0.3, -0.25) is 0 Å². The first-order valence-electron chi connectivity index (χ1n) is 5.31. The van der Waals surface area contributed by atoms with Gasteiger partial charge in [0, 0.05) is 6.54 Å². The van der Waals surface area contributed by atoms with E-state index in [1.165, 1.54) is 12.1 Å². The van der Waals surface area contributed by atoms with Gasteiger partial charge in [0.05, 0.1) is 16.3 Å². The summed E-state index contributed by atoms with van der Waals surface area (Å²) in [6, 6.07) is 4.13. The van der Waals surface area contributed by atoms with Gasteiger partial charge in [-0.05, 0) is 24.7 Å². The van der Waals surface area contributed by atoms with E-state index in [4.69, 9.17) is 16.0 Å². The van der Waals surface area contributed by atoms with E-state index in [9.17, 15) is 4.39 Å². The van der Waals surface area contributed by atoms with E-state index in [1.54, 1.807) is 12.3 Å². The zero-order valence-corrected chi connectivity index (χ0v) is 10.1. The molecule has 1 aromatic carbocycles. The average molecular weight is 255 g/mol. The highest BCUT2D eigenvalue weighted by atomic mass is 35.5. The summed E-state index contributed by atoms with van der Waals surface area (Å²) in [5, 5.41) is 3.43. The Kier molecular flexibility index (Phi) is 3.76. The van der Waals surface area contributed by atoms with Crippen LogP contribution in [0.3, 0.4) is 0 Å². The predicted molar refractivity (Wildman–Crippen MR) is 64.3 cm³/mol. The molecule has 3 nitrogen and oxygen atoms in total. The maximum Gasteiger partial charge on any atom is 0.227 e.